The highest BCUT2D eigenvalue weighted by molar-refractivity contribution is 6.02. The molecular weight excluding hydrogens is 787 g/mol. The SMILES string of the molecule is COC(=O)N[C@H](C(=O)N1CCC[C@H]1c1ncc(-c2ccc(-c3ccc4cc(-c5cnc([C@@H]6Cc7cccc8c7N6C(=O)[C@@H](N(C)C(=O)OC)CC8)[nH]5)cnc4c3)cc2)[nH]1)C(C)C. The van der Waals surface area contributed by atoms with Gasteiger partial charge in [0.25, 0.3) is 5.91 Å². The molecule has 0 radical (unpaired) electrons. The van der Waals surface area contributed by atoms with E-state index in [0.29, 0.717) is 31.6 Å². The Morgan fingerprint density at radius 1 is 0.806 bits per heavy atom. The minimum absolute atomic E-state index is 0.111. The molecule has 0 aliphatic carbocycles. The first-order valence-electron chi connectivity index (χ1n) is 21.0. The Balaban J connectivity index is 0.901. The van der Waals surface area contributed by atoms with Crippen LogP contribution in [0.25, 0.3) is 44.5 Å². The number of anilines is 1. The summed E-state index contributed by atoms with van der Waals surface area (Å²) in [6.45, 7) is 4.39. The molecular formula is C47H49N9O6. The summed E-state index contributed by atoms with van der Waals surface area (Å²) in [5, 5.41) is 3.67. The van der Waals surface area contributed by atoms with E-state index in [-0.39, 0.29) is 29.8 Å². The fraction of sp³-hybridized carbons (Fsp3) is 0.340. The number of aryl methyl sites for hydroxylation is 1. The molecule has 15 nitrogen and oxygen atoms in total. The Labute approximate surface area is 358 Å². The van der Waals surface area contributed by atoms with Crippen molar-refractivity contribution < 1.29 is 28.7 Å². The molecule has 0 unspecified atom stereocenters. The number of amides is 4. The van der Waals surface area contributed by atoms with Crippen LogP contribution in [0.2, 0.25) is 0 Å². The fourth-order valence-corrected chi connectivity index (χ4v) is 9.25. The van der Waals surface area contributed by atoms with Crippen molar-refractivity contribution in [3.8, 4) is 33.6 Å². The van der Waals surface area contributed by atoms with Crippen LogP contribution in [0.5, 0.6) is 0 Å². The van der Waals surface area contributed by atoms with Gasteiger partial charge < -0.3 is 29.7 Å². The number of carbonyl (C=O) groups excluding carboxylic acids is 4. The second-order valence-electron chi connectivity index (χ2n) is 16.6. The van der Waals surface area contributed by atoms with Gasteiger partial charge in [0.2, 0.25) is 5.91 Å². The number of benzene rings is 3. The molecule has 3 aromatic carbocycles. The number of carbonyl (C=O) groups is 4. The number of alkyl carbamates (subject to hydrolysis) is 1. The maximum Gasteiger partial charge on any atom is 0.409 e. The lowest BCUT2D eigenvalue weighted by atomic mass is 10.0. The first kappa shape index (κ1) is 40.4. The molecule has 15 heteroatoms. The number of nitrogens with one attached hydrogen (secondary N) is 3. The minimum Gasteiger partial charge on any atom is -0.453 e. The van der Waals surface area contributed by atoms with Gasteiger partial charge in [0, 0.05) is 37.2 Å². The third kappa shape index (κ3) is 7.30. The number of likely N-dealkylation sites (tertiary alicyclic amines) is 1. The molecule has 1 fully saturated rings. The number of fused-ring (bicyclic) bond motifs is 1. The van der Waals surface area contributed by atoms with E-state index >= 15 is 0 Å². The first-order chi connectivity index (χ1) is 30.0. The standard InChI is InChI=1S/C47H49N9O6/c1-26(2)40(53-46(59)61-4)45(58)55-19-7-10-37(55)42-49-24-35(51-42)28-13-11-27(12-14-28)30-15-16-31-20-33(23-48-34(31)21-30)36-25-50-43(52-36)39-22-32-9-6-8-29-17-18-38(54(3)47(60)62-5)44(57)56(39)41(29)32/h6,8-9,11-16,20-21,23-26,37-40H,7,10,17-19,22H2,1-5H3,(H,49,51)(H,50,52)(H,53,59)/t37-,38-,39-,40-/m0/s1. The minimum atomic E-state index is -0.694. The summed E-state index contributed by atoms with van der Waals surface area (Å²) >= 11 is 0. The number of ether oxygens (including phenoxy) is 2. The zero-order valence-corrected chi connectivity index (χ0v) is 35.3. The summed E-state index contributed by atoms with van der Waals surface area (Å²) in [4.78, 5) is 78.6. The number of H-pyrrole nitrogens is 2. The van der Waals surface area contributed by atoms with Crippen LogP contribution in [0.15, 0.2) is 85.3 Å². The topological polar surface area (TPSA) is 179 Å². The van der Waals surface area contributed by atoms with Gasteiger partial charge >= 0.3 is 12.2 Å². The quantitative estimate of drug-likeness (QED) is 0.134. The average molecular weight is 836 g/mol. The lowest BCUT2D eigenvalue weighted by Gasteiger charge is -2.31. The van der Waals surface area contributed by atoms with E-state index in [0.717, 1.165) is 80.0 Å². The highest BCUT2D eigenvalue weighted by Gasteiger charge is 2.44. The van der Waals surface area contributed by atoms with E-state index in [1.807, 2.05) is 35.9 Å². The van der Waals surface area contributed by atoms with E-state index in [4.69, 9.17) is 24.4 Å². The molecule has 6 aromatic rings. The van der Waals surface area contributed by atoms with Crippen LogP contribution in [0, 0.1) is 5.92 Å². The van der Waals surface area contributed by atoms with Crippen LogP contribution < -0.4 is 10.2 Å². The molecule has 4 atom stereocenters. The summed E-state index contributed by atoms with van der Waals surface area (Å²) in [6.07, 6.45) is 7.65. The predicted molar refractivity (Wildman–Crippen MR) is 233 cm³/mol. The molecule has 1 saturated heterocycles. The highest BCUT2D eigenvalue weighted by Crippen LogP contribution is 2.45. The Hall–Kier alpha value is -7.03. The van der Waals surface area contributed by atoms with Crippen molar-refractivity contribution in [3.05, 3.63) is 108 Å². The smallest absolute Gasteiger partial charge is 0.409 e. The van der Waals surface area contributed by atoms with Crippen molar-refractivity contribution in [2.24, 2.45) is 5.92 Å². The molecule has 3 aromatic heterocycles. The van der Waals surface area contributed by atoms with E-state index in [9.17, 15) is 19.2 Å². The Morgan fingerprint density at radius 2 is 1.50 bits per heavy atom. The summed E-state index contributed by atoms with van der Waals surface area (Å²) in [7, 11) is 4.23. The number of nitrogens with zero attached hydrogens (tertiary/aromatic N) is 6. The van der Waals surface area contributed by atoms with Gasteiger partial charge in [0.1, 0.15) is 23.7 Å². The summed E-state index contributed by atoms with van der Waals surface area (Å²) < 4.78 is 9.73. The second kappa shape index (κ2) is 16.4. The van der Waals surface area contributed by atoms with Gasteiger partial charge in [-0.3, -0.25) is 24.4 Å². The molecule has 3 aliphatic rings. The lowest BCUT2D eigenvalue weighted by molar-refractivity contribution is -0.135. The van der Waals surface area contributed by atoms with Gasteiger partial charge in [-0.25, -0.2) is 19.6 Å². The molecule has 318 valence electrons. The number of para-hydroxylation sites is 1. The van der Waals surface area contributed by atoms with Crippen molar-refractivity contribution in [3.63, 3.8) is 0 Å². The van der Waals surface area contributed by atoms with Crippen molar-refractivity contribution >= 4 is 40.6 Å². The summed E-state index contributed by atoms with van der Waals surface area (Å²) in [5.74, 6) is 0.986. The lowest BCUT2D eigenvalue weighted by Crippen LogP contribution is -2.51. The molecule has 3 aliphatic heterocycles. The van der Waals surface area contributed by atoms with Gasteiger partial charge in [0.15, 0.2) is 0 Å². The number of aromatic nitrogens is 5. The molecule has 0 saturated carbocycles. The van der Waals surface area contributed by atoms with E-state index < -0.39 is 24.3 Å². The normalized spacial score (nSPS) is 18.7. The number of likely N-dealkylation sites (N-methyl/N-ethyl adjacent to an activating group) is 1. The van der Waals surface area contributed by atoms with E-state index in [2.05, 4.69) is 75.9 Å². The van der Waals surface area contributed by atoms with Crippen LogP contribution in [-0.2, 0) is 31.9 Å². The van der Waals surface area contributed by atoms with Crippen LogP contribution >= 0.6 is 0 Å². The monoisotopic (exact) mass is 835 g/mol. The van der Waals surface area contributed by atoms with Gasteiger partial charge in [-0.15, -0.1) is 0 Å². The van der Waals surface area contributed by atoms with Crippen LogP contribution in [0.4, 0.5) is 15.3 Å². The number of pyridine rings is 1. The van der Waals surface area contributed by atoms with Crippen LogP contribution in [0.1, 0.15) is 68.0 Å². The predicted octanol–water partition coefficient (Wildman–Crippen LogP) is 7.37. The zero-order chi connectivity index (χ0) is 43.2. The number of rotatable bonds is 9. The van der Waals surface area contributed by atoms with Gasteiger partial charge in [-0.05, 0) is 71.6 Å². The molecule has 0 bridgehead atoms. The summed E-state index contributed by atoms with van der Waals surface area (Å²) in [5.41, 5.74) is 9.48. The van der Waals surface area contributed by atoms with Crippen LogP contribution in [0.3, 0.4) is 0 Å². The average Bonchev–Trinajstić information content (AvgIpc) is 4.12. The summed E-state index contributed by atoms with van der Waals surface area (Å²) in [6, 6.07) is 20.8. The first-order valence-corrected chi connectivity index (χ1v) is 21.0. The number of hydrogen-bond acceptors (Lipinski definition) is 9. The largest absolute Gasteiger partial charge is 0.453 e. The van der Waals surface area contributed by atoms with Crippen molar-refractivity contribution in [1.29, 1.82) is 0 Å². The van der Waals surface area contributed by atoms with Crippen molar-refractivity contribution in [2.45, 2.75) is 70.1 Å². The van der Waals surface area contributed by atoms with Crippen molar-refractivity contribution in [2.75, 3.05) is 32.7 Å². The van der Waals surface area contributed by atoms with Gasteiger partial charge in [-0.2, -0.15) is 0 Å². The van der Waals surface area contributed by atoms with Gasteiger partial charge in [0.05, 0.1) is 61.3 Å². The maximum absolute atomic E-state index is 14.2. The number of aromatic amines is 2. The Morgan fingerprint density at radius 3 is 2.23 bits per heavy atom. The molecule has 4 amide bonds. The Bertz CT molecular complexity index is 2690. The molecule has 6 heterocycles. The third-order valence-electron chi connectivity index (χ3n) is 12.6. The molecule has 3 N–H and O–H groups in total. The van der Waals surface area contributed by atoms with Crippen LogP contribution in [-0.4, -0.2) is 98.6 Å². The van der Waals surface area contributed by atoms with E-state index in [1.54, 1.807) is 19.4 Å². The number of methoxy groups -OCH3 is 2. The number of imidazole rings is 2. The molecule has 9 rings (SSSR count). The zero-order valence-electron chi connectivity index (χ0n) is 35.3. The van der Waals surface area contributed by atoms with Gasteiger partial charge in [-0.1, -0.05) is 68.4 Å². The molecule has 62 heavy (non-hydrogen) atoms. The maximum atomic E-state index is 14.2. The molecule has 0 spiro atoms. The third-order valence-corrected chi connectivity index (χ3v) is 12.6. The number of hydrogen-bond donors (Lipinski definition) is 3. The second-order valence-corrected chi connectivity index (χ2v) is 16.6. The van der Waals surface area contributed by atoms with E-state index in [1.165, 1.54) is 19.1 Å². The fourth-order valence-electron chi connectivity index (χ4n) is 9.25. The highest BCUT2D eigenvalue weighted by atomic mass is 16.5. The Kier molecular flexibility index (Phi) is 10.7. The van der Waals surface area contributed by atoms with Crippen molar-refractivity contribution in [1.82, 2.24) is 40.0 Å².